The monoisotopic (exact) mass is 265 g/mol. The Kier molecular flexibility index (Phi) is 3.07. The Morgan fingerprint density at radius 1 is 1.33 bits per heavy atom. The maximum absolute atomic E-state index is 6.04. The van der Waals surface area contributed by atoms with Crippen molar-refractivity contribution in [3.8, 4) is 0 Å². The highest BCUT2D eigenvalue weighted by molar-refractivity contribution is 6.29. The van der Waals surface area contributed by atoms with E-state index in [-0.39, 0.29) is 0 Å². The Morgan fingerprint density at radius 2 is 2.11 bits per heavy atom. The van der Waals surface area contributed by atoms with Crippen LogP contribution in [0.2, 0.25) is 5.15 Å². The van der Waals surface area contributed by atoms with Crippen LogP contribution in [0.1, 0.15) is 32.1 Å². The molecule has 3 rings (SSSR count). The molecule has 2 aromatic rings. The number of rotatable bonds is 2. The first-order valence-electron chi connectivity index (χ1n) is 6.35. The number of hydrogen-bond donors (Lipinski definition) is 0. The van der Waals surface area contributed by atoms with Gasteiger partial charge in [0.15, 0.2) is 0 Å². The molecule has 0 bridgehead atoms. The quantitative estimate of drug-likeness (QED) is 0.783. The van der Waals surface area contributed by atoms with Crippen molar-refractivity contribution >= 4 is 23.2 Å². The predicted molar refractivity (Wildman–Crippen MR) is 71.1 cm³/mol. The Labute approximate surface area is 111 Å². The fraction of sp³-hybridized carbons (Fsp3) is 0.583. The van der Waals surface area contributed by atoms with Gasteiger partial charge in [-0.2, -0.15) is 19.6 Å². The summed E-state index contributed by atoms with van der Waals surface area (Å²) in [4.78, 5) is 10.5. The molecule has 96 valence electrons. The van der Waals surface area contributed by atoms with Crippen molar-refractivity contribution in [1.29, 1.82) is 0 Å². The van der Waals surface area contributed by atoms with Crippen molar-refractivity contribution in [2.24, 2.45) is 0 Å². The Bertz CT molecular complexity index is 546. The van der Waals surface area contributed by atoms with Crippen LogP contribution in [-0.4, -0.2) is 32.7 Å². The third-order valence-corrected chi connectivity index (χ3v) is 3.88. The number of nitrogens with zero attached hydrogens (tertiary/aromatic N) is 5. The van der Waals surface area contributed by atoms with E-state index in [1.54, 1.807) is 4.52 Å². The van der Waals surface area contributed by atoms with Gasteiger partial charge in [0.1, 0.15) is 17.3 Å². The summed E-state index contributed by atoms with van der Waals surface area (Å²) in [6.07, 6.45) is 7.92. The van der Waals surface area contributed by atoms with E-state index in [2.05, 4.69) is 27.0 Å². The normalized spacial score (nSPS) is 17.2. The first-order chi connectivity index (χ1) is 8.75. The minimum absolute atomic E-state index is 0.466. The van der Waals surface area contributed by atoms with Gasteiger partial charge in [0.05, 0.1) is 0 Å². The molecule has 0 N–H and O–H groups in total. The lowest BCUT2D eigenvalue weighted by Crippen LogP contribution is -2.34. The van der Waals surface area contributed by atoms with Gasteiger partial charge in [0.25, 0.3) is 5.78 Å². The maximum Gasteiger partial charge on any atom is 0.255 e. The van der Waals surface area contributed by atoms with E-state index in [0.717, 1.165) is 5.82 Å². The summed E-state index contributed by atoms with van der Waals surface area (Å²) in [5.41, 5.74) is 0. The lowest BCUT2D eigenvalue weighted by molar-refractivity contribution is 0.424. The Hall–Kier alpha value is -1.36. The van der Waals surface area contributed by atoms with Crippen LogP contribution in [0.15, 0.2) is 12.4 Å². The minimum atomic E-state index is 0.466. The third-order valence-electron chi connectivity index (χ3n) is 3.69. The average molecular weight is 266 g/mol. The molecule has 18 heavy (non-hydrogen) atoms. The van der Waals surface area contributed by atoms with Crippen LogP contribution in [0.4, 0.5) is 5.82 Å². The van der Waals surface area contributed by atoms with Crippen LogP contribution >= 0.6 is 11.6 Å². The van der Waals surface area contributed by atoms with Gasteiger partial charge in [-0.05, 0) is 12.8 Å². The second kappa shape index (κ2) is 4.72. The summed E-state index contributed by atoms with van der Waals surface area (Å²) < 4.78 is 1.75. The minimum Gasteiger partial charge on any atom is -0.356 e. The first-order valence-corrected chi connectivity index (χ1v) is 6.72. The predicted octanol–water partition coefficient (Wildman–Crippen LogP) is 2.55. The summed E-state index contributed by atoms with van der Waals surface area (Å²) in [6, 6.07) is 2.42. The van der Waals surface area contributed by atoms with Gasteiger partial charge in [-0.1, -0.05) is 30.9 Å². The number of anilines is 1. The molecule has 1 aliphatic carbocycles. The van der Waals surface area contributed by atoms with Gasteiger partial charge >= 0.3 is 0 Å². The van der Waals surface area contributed by atoms with Crippen molar-refractivity contribution in [3.05, 3.63) is 17.5 Å². The van der Waals surface area contributed by atoms with E-state index in [1.165, 1.54) is 38.4 Å². The molecule has 0 atom stereocenters. The second-order valence-corrected chi connectivity index (χ2v) is 5.20. The Balaban J connectivity index is 1.99. The highest BCUT2D eigenvalue weighted by Gasteiger charge is 2.21. The van der Waals surface area contributed by atoms with E-state index >= 15 is 0 Å². The molecular formula is C12H16ClN5. The molecule has 5 nitrogen and oxygen atoms in total. The maximum atomic E-state index is 6.04. The molecule has 0 aliphatic heterocycles. The molecule has 6 heteroatoms. The van der Waals surface area contributed by atoms with E-state index in [9.17, 15) is 0 Å². The van der Waals surface area contributed by atoms with Gasteiger partial charge in [-0.25, -0.2) is 0 Å². The van der Waals surface area contributed by atoms with Crippen molar-refractivity contribution < 1.29 is 0 Å². The van der Waals surface area contributed by atoms with Gasteiger partial charge < -0.3 is 4.90 Å². The van der Waals surface area contributed by atoms with Crippen LogP contribution in [0.5, 0.6) is 0 Å². The average Bonchev–Trinajstić information content (AvgIpc) is 2.86. The smallest absolute Gasteiger partial charge is 0.255 e. The van der Waals surface area contributed by atoms with E-state index in [0.29, 0.717) is 17.0 Å². The molecule has 0 radical (unpaired) electrons. The van der Waals surface area contributed by atoms with E-state index in [1.807, 2.05) is 6.07 Å². The summed E-state index contributed by atoms with van der Waals surface area (Å²) in [5, 5.41) is 4.68. The molecule has 1 fully saturated rings. The molecule has 1 saturated carbocycles. The topological polar surface area (TPSA) is 46.3 Å². The number of hydrogen-bond acceptors (Lipinski definition) is 4. The summed E-state index contributed by atoms with van der Waals surface area (Å²) in [7, 11) is 2.10. The highest BCUT2D eigenvalue weighted by atomic mass is 35.5. The fourth-order valence-corrected chi connectivity index (χ4v) is 2.85. The Morgan fingerprint density at radius 3 is 2.89 bits per heavy atom. The molecule has 0 unspecified atom stereocenters. The zero-order chi connectivity index (χ0) is 12.5. The van der Waals surface area contributed by atoms with Gasteiger partial charge in [0, 0.05) is 19.2 Å². The zero-order valence-electron chi connectivity index (χ0n) is 10.4. The van der Waals surface area contributed by atoms with E-state index < -0.39 is 0 Å². The zero-order valence-corrected chi connectivity index (χ0v) is 11.1. The lowest BCUT2D eigenvalue weighted by Gasteiger charge is -2.32. The fourth-order valence-electron chi connectivity index (χ4n) is 2.68. The second-order valence-electron chi connectivity index (χ2n) is 4.81. The molecule has 0 amide bonds. The molecule has 0 saturated heterocycles. The van der Waals surface area contributed by atoms with Crippen molar-refractivity contribution in [3.63, 3.8) is 0 Å². The van der Waals surface area contributed by atoms with Crippen LogP contribution in [0, 0.1) is 0 Å². The van der Waals surface area contributed by atoms with Crippen LogP contribution in [0.25, 0.3) is 5.78 Å². The lowest BCUT2D eigenvalue weighted by atomic mass is 9.94. The molecule has 1 aliphatic rings. The summed E-state index contributed by atoms with van der Waals surface area (Å²) in [6.45, 7) is 0. The van der Waals surface area contributed by atoms with Crippen LogP contribution in [-0.2, 0) is 0 Å². The van der Waals surface area contributed by atoms with Crippen molar-refractivity contribution in [2.75, 3.05) is 11.9 Å². The highest BCUT2D eigenvalue weighted by Crippen LogP contribution is 2.27. The van der Waals surface area contributed by atoms with Gasteiger partial charge in [0.2, 0.25) is 0 Å². The largest absolute Gasteiger partial charge is 0.356 e. The SMILES string of the molecule is CN(c1cc(Cl)nc2ncnn12)C1CCCCC1. The number of fused-ring (bicyclic) bond motifs is 1. The van der Waals surface area contributed by atoms with Gasteiger partial charge in [-0.15, -0.1) is 0 Å². The number of halogens is 1. The standard InChI is InChI=1S/C12H16ClN5/c1-17(9-5-3-2-4-6-9)11-7-10(13)16-12-14-8-15-18(11)12/h7-9H,2-6H2,1H3. The first kappa shape index (κ1) is 11.7. The summed E-state index contributed by atoms with van der Waals surface area (Å²) >= 11 is 6.04. The molecule has 2 heterocycles. The van der Waals surface area contributed by atoms with Crippen LogP contribution in [0.3, 0.4) is 0 Å². The molecule has 2 aromatic heterocycles. The van der Waals surface area contributed by atoms with Gasteiger partial charge in [-0.3, -0.25) is 0 Å². The summed E-state index contributed by atoms with van der Waals surface area (Å²) in [5.74, 6) is 1.52. The third kappa shape index (κ3) is 2.03. The number of aromatic nitrogens is 4. The molecular weight excluding hydrogens is 250 g/mol. The molecule has 0 spiro atoms. The van der Waals surface area contributed by atoms with Crippen molar-refractivity contribution in [2.45, 2.75) is 38.1 Å². The van der Waals surface area contributed by atoms with Crippen LogP contribution < -0.4 is 4.90 Å². The van der Waals surface area contributed by atoms with Crippen molar-refractivity contribution in [1.82, 2.24) is 19.6 Å². The molecule has 0 aromatic carbocycles. The van der Waals surface area contributed by atoms with E-state index in [4.69, 9.17) is 11.6 Å².